The van der Waals surface area contributed by atoms with Crippen molar-refractivity contribution in [2.24, 2.45) is 0 Å². The highest BCUT2D eigenvalue weighted by atomic mass is 35.5. The topological polar surface area (TPSA) is 63.2 Å². The number of hydrogen-bond acceptors (Lipinski definition) is 6. The van der Waals surface area contributed by atoms with Gasteiger partial charge in [0, 0.05) is 19.2 Å². The lowest BCUT2D eigenvalue weighted by molar-refractivity contribution is 0.122. The molecule has 2 aromatic rings. The highest BCUT2D eigenvalue weighted by Gasteiger charge is 2.16. The van der Waals surface area contributed by atoms with Crippen molar-refractivity contribution in [2.45, 2.75) is 0 Å². The first-order valence-electron chi connectivity index (χ1n) is 6.58. The summed E-state index contributed by atoms with van der Waals surface area (Å²) in [6, 6.07) is 3.17. The van der Waals surface area contributed by atoms with Gasteiger partial charge in [-0.15, -0.1) is 0 Å². The molecule has 0 spiro atoms. The van der Waals surface area contributed by atoms with Crippen LogP contribution in [0.15, 0.2) is 18.2 Å². The van der Waals surface area contributed by atoms with Crippen LogP contribution in [-0.4, -0.2) is 41.3 Å². The fraction of sp³-hybridized carbons (Fsp3) is 0.308. The molecule has 3 rings (SSSR count). The second kappa shape index (κ2) is 6.37. The van der Waals surface area contributed by atoms with E-state index in [9.17, 15) is 8.78 Å². The second-order valence-electron chi connectivity index (χ2n) is 4.58. The Labute approximate surface area is 130 Å². The van der Waals surface area contributed by atoms with Crippen LogP contribution in [0.3, 0.4) is 0 Å². The molecule has 0 bridgehead atoms. The summed E-state index contributed by atoms with van der Waals surface area (Å²) >= 11 is 5.89. The Hall–Kier alpha value is -2.06. The molecule has 1 saturated heterocycles. The summed E-state index contributed by atoms with van der Waals surface area (Å²) in [4.78, 5) is 14.1. The number of morpholine rings is 1. The summed E-state index contributed by atoms with van der Waals surface area (Å²) in [5.41, 5.74) is 0.0524. The van der Waals surface area contributed by atoms with E-state index in [1.54, 1.807) is 0 Å². The summed E-state index contributed by atoms with van der Waals surface area (Å²) < 4.78 is 31.8. The van der Waals surface area contributed by atoms with Crippen LogP contribution in [0.4, 0.5) is 26.4 Å². The largest absolute Gasteiger partial charge is 0.378 e. The van der Waals surface area contributed by atoms with Crippen molar-refractivity contribution in [1.29, 1.82) is 0 Å². The average molecular weight is 328 g/mol. The molecule has 1 fully saturated rings. The van der Waals surface area contributed by atoms with Gasteiger partial charge in [-0.3, -0.25) is 0 Å². The van der Waals surface area contributed by atoms with Gasteiger partial charge in [-0.05, 0) is 23.7 Å². The van der Waals surface area contributed by atoms with Gasteiger partial charge in [0.25, 0.3) is 0 Å². The Balaban J connectivity index is 1.85. The Morgan fingerprint density at radius 2 is 1.91 bits per heavy atom. The molecule has 0 aliphatic carbocycles. The first-order chi connectivity index (χ1) is 10.6. The fourth-order valence-corrected chi connectivity index (χ4v) is 2.17. The molecule has 1 aromatic heterocycles. The van der Waals surface area contributed by atoms with Gasteiger partial charge in [-0.25, -0.2) is 8.78 Å². The number of anilines is 3. The van der Waals surface area contributed by atoms with Gasteiger partial charge in [0.2, 0.25) is 17.2 Å². The molecule has 0 unspecified atom stereocenters. The van der Waals surface area contributed by atoms with Gasteiger partial charge in [0.15, 0.2) is 0 Å². The summed E-state index contributed by atoms with van der Waals surface area (Å²) in [5.74, 6) is -0.935. The number of halogens is 3. The third-order valence-corrected chi connectivity index (χ3v) is 3.24. The quantitative estimate of drug-likeness (QED) is 0.934. The van der Waals surface area contributed by atoms with Gasteiger partial charge >= 0.3 is 0 Å². The Kier molecular flexibility index (Phi) is 4.30. The van der Waals surface area contributed by atoms with Gasteiger partial charge in [-0.2, -0.15) is 15.0 Å². The molecule has 1 aliphatic rings. The van der Waals surface area contributed by atoms with Crippen LogP contribution < -0.4 is 10.2 Å². The van der Waals surface area contributed by atoms with E-state index in [1.165, 1.54) is 6.07 Å². The zero-order valence-electron chi connectivity index (χ0n) is 11.4. The van der Waals surface area contributed by atoms with Crippen molar-refractivity contribution in [3.8, 4) is 0 Å². The molecule has 2 heterocycles. The van der Waals surface area contributed by atoms with Crippen molar-refractivity contribution in [1.82, 2.24) is 15.0 Å². The van der Waals surface area contributed by atoms with Gasteiger partial charge in [-0.1, -0.05) is 0 Å². The molecular formula is C13H12ClF2N5O. The molecule has 1 aliphatic heterocycles. The highest BCUT2D eigenvalue weighted by molar-refractivity contribution is 6.28. The smallest absolute Gasteiger partial charge is 0.233 e. The van der Waals surface area contributed by atoms with E-state index in [0.29, 0.717) is 32.3 Å². The molecule has 9 heteroatoms. The van der Waals surface area contributed by atoms with E-state index in [-0.39, 0.29) is 16.9 Å². The van der Waals surface area contributed by atoms with Crippen LogP contribution in [0.25, 0.3) is 0 Å². The molecule has 1 N–H and O–H groups in total. The van der Waals surface area contributed by atoms with Crippen LogP contribution in [0.5, 0.6) is 0 Å². The third-order valence-electron chi connectivity index (χ3n) is 3.07. The number of hydrogen-bond donors (Lipinski definition) is 1. The Morgan fingerprint density at radius 1 is 1.14 bits per heavy atom. The van der Waals surface area contributed by atoms with Crippen molar-refractivity contribution < 1.29 is 13.5 Å². The second-order valence-corrected chi connectivity index (χ2v) is 4.91. The summed E-state index contributed by atoms with van der Waals surface area (Å²) in [6.45, 7) is 2.40. The van der Waals surface area contributed by atoms with Gasteiger partial charge in [0.1, 0.15) is 11.6 Å². The minimum Gasteiger partial charge on any atom is -0.378 e. The standard InChI is InChI=1S/C13H12ClF2N5O/c14-11-18-12(17-10-2-1-8(15)7-9(10)16)20-13(19-11)21-3-5-22-6-4-21/h1-2,7H,3-6H2,(H,17,18,19,20). The van der Waals surface area contributed by atoms with Gasteiger partial charge in [0.05, 0.1) is 18.9 Å². The van der Waals surface area contributed by atoms with Crippen LogP contribution in [0.1, 0.15) is 0 Å². The zero-order valence-corrected chi connectivity index (χ0v) is 12.1. The third kappa shape index (κ3) is 3.40. The van der Waals surface area contributed by atoms with E-state index in [4.69, 9.17) is 16.3 Å². The van der Waals surface area contributed by atoms with Crippen molar-refractivity contribution in [2.75, 3.05) is 36.5 Å². The zero-order chi connectivity index (χ0) is 15.5. The van der Waals surface area contributed by atoms with E-state index >= 15 is 0 Å². The van der Waals surface area contributed by atoms with Crippen LogP contribution >= 0.6 is 11.6 Å². The van der Waals surface area contributed by atoms with Gasteiger partial charge < -0.3 is 15.0 Å². The molecule has 22 heavy (non-hydrogen) atoms. The van der Waals surface area contributed by atoms with Crippen molar-refractivity contribution in [3.05, 3.63) is 35.1 Å². The molecule has 6 nitrogen and oxygen atoms in total. The minimum atomic E-state index is -0.746. The predicted molar refractivity (Wildman–Crippen MR) is 77.5 cm³/mol. The molecular weight excluding hydrogens is 316 g/mol. The minimum absolute atomic E-state index is 0.0125. The molecule has 116 valence electrons. The van der Waals surface area contributed by atoms with E-state index in [2.05, 4.69) is 20.3 Å². The van der Waals surface area contributed by atoms with Crippen LogP contribution in [0, 0.1) is 11.6 Å². The summed E-state index contributed by atoms with van der Waals surface area (Å²) in [6.07, 6.45) is 0. The number of nitrogens with zero attached hydrogens (tertiary/aromatic N) is 4. The molecule has 0 saturated carbocycles. The Bertz CT molecular complexity index is 681. The molecule has 0 amide bonds. The van der Waals surface area contributed by atoms with Crippen molar-refractivity contribution >= 4 is 29.2 Å². The van der Waals surface area contributed by atoms with E-state index < -0.39 is 11.6 Å². The fourth-order valence-electron chi connectivity index (χ4n) is 2.01. The maximum absolute atomic E-state index is 13.7. The van der Waals surface area contributed by atoms with Crippen molar-refractivity contribution in [3.63, 3.8) is 0 Å². The predicted octanol–water partition coefficient (Wildman–Crippen LogP) is 2.38. The number of aromatic nitrogens is 3. The van der Waals surface area contributed by atoms with Crippen LogP contribution in [0.2, 0.25) is 5.28 Å². The lowest BCUT2D eigenvalue weighted by Gasteiger charge is -2.26. The first-order valence-corrected chi connectivity index (χ1v) is 6.96. The van der Waals surface area contributed by atoms with E-state index in [0.717, 1.165) is 12.1 Å². The summed E-state index contributed by atoms with van der Waals surface area (Å²) in [5, 5.41) is 2.66. The lowest BCUT2D eigenvalue weighted by atomic mass is 10.3. The lowest BCUT2D eigenvalue weighted by Crippen LogP contribution is -2.37. The first kappa shape index (κ1) is 14.9. The SMILES string of the molecule is Fc1ccc(Nc2nc(Cl)nc(N3CCOCC3)n2)c(F)c1. The number of ether oxygens (including phenoxy) is 1. The molecule has 0 radical (unpaired) electrons. The summed E-state index contributed by atoms with van der Waals surface area (Å²) in [7, 11) is 0. The molecule has 1 aromatic carbocycles. The maximum Gasteiger partial charge on any atom is 0.233 e. The monoisotopic (exact) mass is 327 g/mol. The van der Waals surface area contributed by atoms with Crippen LogP contribution in [-0.2, 0) is 4.74 Å². The number of nitrogens with one attached hydrogen (secondary N) is 1. The highest BCUT2D eigenvalue weighted by Crippen LogP contribution is 2.21. The maximum atomic E-state index is 13.7. The average Bonchev–Trinajstić information content (AvgIpc) is 2.50. The number of rotatable bonds is 3. The normalized spacial score (nSPS) is 15.0. The van der Waals surface area contributed by atoms with E-state index in [1.807, 2.05) is 4.90 Å². The Morgan fingerprint density at radius 3 is 2.64 bits per heavy atom. The number of benzene rings is 1. The molecule has 0 atom stereocenters.